The minimum atomic E-state index is -0.330. The summed E-state index contributed by atoms with van der Waals surface area (Å²) in [6, 6.07) is 14.9. The summed E-state index contributed by atoms with van der Waals surface area (Å²) in [6.07, 6.45) is 0. The van der Waals surface area contributed by atoms with Crippen LogP contribution in [0.5, 0.6) is 0 Å². The van der Waals surface area contributed by atoms with E-state index in [1.54, 1.807) is 0 Å². The molecule has 0 amide bonds. The lowest BCUT2D eigenvalue weighted by molar-refractivity contribution is 0.268. The van der Waals surface area contributed by atoms with Crippen LogP contribution in [0.15, 0.2) is 42.5 Å². The molecule has 1 aliphatic rings. The van der Waals surface area contributed by atoms with Crippen LogP contribution in [-0.4, -0.2) is 21.2 Å². The largest absolute Gasteiger partial charge is 0.394 e. The molecule has 1 aliphatic heterocycles. The number of aliphatic hydroxyl groups excluding tert-OH is 1. The number of rotatable bonds is 4. The zero-order chi connectivity index (χ0) is 17.6. The van der Waals surface area contributed by atoms with Crippen molar-refractivity contribution < 1.29 is 5.11 Å². The lowest BCUT2D eigenvalue weighted by Gasteiger charge is -2.14. The van der Waals surface area contributed by atoms with E-state index in [9.17, 15) is 5.11 Å². The molecule has 3 N–H and O–H groups in total. The minimum absolute atomic E-state index is 0.0306. The molecule has 0 radical (unpaired) electrons. The van der Waals surface area contributed by atoms with Gasteiger partial charge in [-0.1, -0.05) is 30.3 Å². The van der Waals surface area contributed by atoms with Gasteiger partial charge >= 0.3 is 0 Å². The highest BCUT2D eigenvalue weighted by Gasteiger charge is 2.24. The van der Waals surface area contributed by atoms with Crippen molar-refractivity contribution >= 4 is 10.9 Å². The molecule has 0 fully saturated rings. The molecule has 0 bridgehead atoms. The number of nitrogens with zero attached hydrogens (tertiary/aromatic N) is 2. The van der Waals surface area contributed by atoms with Crippen LogP contribution in [-0.2, 0) is 26.7 Å². The van der Waals surface area contributed by atoms with Crippen molar-refractivity contribution in [3.8, 4) is 0 Å². The fourth-order valence-electron chi connectivity index (χ4n) is 4.07. The Morgan fingerprint density at radius 2 is 1.80 bits per heavy atom. The van der Waals surface area contributed by atoms with E-state index in [1.807, 2.05) is 0 Å². The first-order valence-corrected chi connectivity index (χ1v) is 8.82. The number of hydrogen-bond donors (Lipinski definition) is 2. The number of aromatic nitrogens is 1. The predicted octanol–water partition coefficient (Wildman–Crippen LogP) is 2.99. The summed E-state index contributed by atoms with van der Waals surface area (Å²) in [4.78, 5) is 2.47. The molecule has 3 aromatic rings. The zero-order valence-corrected chi connectivity index (χ0v) is 14.9. The van der Waals surface area contributed by atoms with Gasteiger partial charge in [0.05, 0.1) is 12.6 Å². The second kappa shape index (κ2) is 6.30. The highest BCUT2D eigenvalue weighted by molar-refractivity contribution is 5.87. The van der Waals surface area contributed by atoms with E-state index >= 15 is 0 Å². The molecule has 2 heterocycles. The van der Waals surface area contributed by atoms with Gasteiger partial charge in [-0.2, -0.15) is 0 Å². The van der Waals surface area contributed by atoms with Gasteiger partial charge < -0.3 is 15.4 Å². The van der Waals surface area contributed by atoms with Gasteiger partial charge in [-0.25, -0.2) is 0 Å². The lowest BCUT2D eigenvalue weighted by atomic mass is 10.0. The number of aliphatic hydroxyl groups is 1. The highest BCUT2D eigenvalue weighted by atomic mass is 16.3. The standard InChI is InChI=1S/C21H25N3O/c1-14-21(19(22)13-25)18-8-16-11-24(10-15-6-4-3-5-7-15)12-17(16)9-20(18)23(14)2/h3-9,19,25H,10-13,22H2,1-2H3. The summed E-state index contributed by atoms with van der Waals surface area (Å²) in [5, 5.41) is 10.7. The highest BCUT2D eigenvalue weighted by Crippen LogP contribution is 2.34. The Hall–Kier alpha value is -2.14. The Balaban J connectivity index is 1.69. The molecule has 1 atom stereocenters. The van der Waals surface area contributed by atoms with Gasteiger partial charge in [-0.3, -0.25) is 4.90 Å². The smallest absolute Gasteiger partial charge is 0.0625 e. The molecule has 2 aromatic carbocycles. The number of fused-ring (bicyclic) bond motifs is 2. The first-order chi connectivity index (χ1) is 12.1. The molecular weight excluding hydrogens is 310 g/mol. The van der Waals surface area contributed by atoms with Gasteiger partial charge in [0.15, 0.2) is 0 Å². The number of benzene rings is 2. The molecule has 4 nitrogen and oxygen atoms in total. The molecular formula is C21H25N3O. The van der Waals surface area contributed by atoms with Crippen molar-refractivity contribution in [1.82, 2.24) is 9.47 Å². The van der Waals surface area contributed by atoms with E-state index in [-0.39, 0.29) is 12.6 Å². The lowest BCUT2D eigenvalue weighted by Crippen LogP contribution is -2.16. The average molecular weight is 335 g/mol. The van der Waals surface area contributed by atoms with Crippen molar-refractivity contribution in [2.24, 2.45) is 12.8 Å². The summed E-state index contributed by atoms with van der Waals surface area (Å²) in [7, 11) is 2.08. The predicted molar refractivity (Wildman–Crippen MR) is 101 cm³/mol. The van der Waals surface area contributed by atoms with Crippen LogP contribution in [0.25, 0.3) is 10.9 Å². The summed E-state index contributed by atoms with van der Waals surface area (Å²) < 4.78 is 2.19. The summed E-state index contributed by atoms with van der Waals surface area (Å²) in [6.45, 7) is 4.95. The maximum absolute atomic E-state index is 9.54. The third-order valence-corrected chi connectivity index (χ3v) is 5.47. The number of hydrogen-bond acceptors (Lipinski definition) is 3. The fraction of sp³-hybridized carbons (Fsp3) is 0.333. The van der Waals surface area contributed by atoms with Crippen LogP contribution < -0.4 is 5.73 Å². The van der Waals surface area contributed by atoms with Gasteiger partial charge in [0.25, 0.3) is 0 Å². The normalized spacial score (nSPS) is 15.7. The van der Waals surface area contributed by atoms with Crippen LogP contribution >= 0.6 is 0 Å². The zero-order valence-electron chi connectivity index (χ0n) is 14.9. The van der Waals surface area contributed by atoms with Gasteiger partial charge in [0, 0.05) is 43.3 Å². The van der Waals surface area contributed by atoms with E-state index in [2.05, 4.69) is 65.9 Å². The van der Waals surface area contributed by atoms with Crippen molar-refractivity contribution in [2.75, 3.05) is 6.61 Å². The van der Waals surface area contributed by atoms with Crippen LogP contribution in [0.4, 0.5) is 0 Å². The molecule has 1 aromatic heterocycles. The average Bonchev–Trinajstić information content (AvgIpc) is 3.12. The topological polar surface area (TPSA) is 54.4 Å². The quantitative estimate of drug-likeness (QED) is 0.771. The van der Waals surface area contributed by atoms with Crippen molar-refractivity contribution in [1.29, 1.82) is 0 Å². The summed E-state index contributed by atoms with van der Waals surface area (Å²) in [5.74, 6) is 0. The first kappa shape index (κ1) is 16.3. The molecule has 4 heteroatoms. The van der Waals surface area contributed by atoms with Gasteiger partial charge in [0.1, 0.15) is 0 Å². The van der Waals surface area contributed by atoms with Crippen LogP contribution in [0.1, 0.15) is 34.0 Å². The van der Waals surface area contributed by atoms with E-state index in [4.69, 9.17) is 5.73 Å². The second-order valence-electron chi connectivity index (χ2n) is 7.12. The van der Waals surface area contributed by atoms with Crippen molar-refractivity contribution in [2.45, 2.75) is 32.6 Å². The van der Waals surface area contributed by atoms with Crippen molar-refractivity contribution in [3.63, 3.8) is 0 Å². The first-order valence-electron chi connectivity index (χ1n) is 8.82. The van der Waals surface area contributed by atoms with Gasteiger partial charge in [-0.15, -0.1) is 0 Å². The Morgan fingerprint density at radius 3 is 2.48 bits per heavy atom. The Bertz CT molecular complexity index is 914. The third-order valence-electron chi connectivity index (χ3n) is 5.47. The summed E-state index contributed by atoms with van der Waals surface area (Å²) in [5.41, 5.74) is 13.7. The molecule has 0 aliphatic carbocycles. The molecule has 4 rings (SSSR count). The van der Waals surface area contributed by atoms with Crippen LogP contribution in [0.2, 0.25) is 0 Å². The Morgan fingerprint density at radius 1 is 1.12 bits per heavy atom. The minimum Gasteiger partial charge on any atom is -0.394 e. The SMILES string of the molecule is Cc1c(C(N)CO)c2cc3c(cc2n1C)CN(Cc1ccccc1)C3. The Labute approximate surface area is 148 Å². The van der Waals surface area contributed by atoms with E-state index in [1.165, 1.54) is 27.6 Å². The van der Waals surface area contributed by atoms with Crippen LogP contribution in [0.3, 0.4) is 0 Å². The summed E-state index contributed by atoms with van der Waals surface area (Å²) >= 11 is 0. The second-order valence-corrected chi connectivity index (χ2v) is 7.12. The van der Waals surface area contributed by atoms with Crippen LogP contribution in [0, 0.1) is 6.92 Å². The van der Waals surface area contributed by atoms with Crippen molar-refractivity contribution in [3.05, 3.63) is 70.4 Å². The molecule has 25 heavy (non-hydrogen) atoms. The third kappa shape index (κ3) is 2.76. The van der Waals surface area contributed by atoms with E-state index in [0.29, 0.717) is 0 Å². The maximum atomic E-state index is 9.54. The molecule has 0 saturated heterocycles. The van der Waals surface area contributed by atoms with E-state index < -0.39 is 0 Å². The monoisotopic (exact) mass is 335 g/mol. The maximum Gasteiger partial charge on any atom is 0.0625 e. The van der Waals surface area contributed by atoms with Gasteiger partial charge in [0.2, 0.25) is 0 Å². The molecule has 130 valence electrons. The molecule has 0 saturated carbocycles. The molecule has 0 spiro atoms. The fourth-order valence-corrected chi connectivity index (χ4v) is 4.07. The number of aryl methyl sites for hydroxylation is 1. The Kier molecular flexibility index (Phi) is 4.12. The van der Waals surface area contributed by atoms with Gasteiger partial charge in [-0.05, 0) is 41.3 Å². The van der Waals surface area contributed by atoms with E-state index in [0.717, 1.165) is 30.9 Å². The molecule has 1 unspecified atom stereocenters. The number of nitrogens with two attached hydrogens (primary N) is 1.